The molecule has 3 N–H and O–H groups in total. The Kier molecular flexibility index (Phi) is 2.59. The van der Waals surface area contributed by atoms with Gasteiger partial charge in [-0.25, -0.2) is 4.98 Å². The molecule has 0 amide bonds. The van der Waals surface area contributed by atoms with Gasteiger partial charge in [-0.15, -0.1) is 0 Å². The van der Waals surface area contributed by atoms with E-state index in [1.54, 1.807) is 6.20 Å². The van der Waals surface area contributed by atoms with Crippen LogP contribution in [0.3, 0.4) is 0 Å². The fourth-order valence-corrected chi connectivity index (χ4v) is 2.53. The minimum absolute atomic E-state index is 0.192. The Hall–Kier alpha value is -0.830. The van der Waals surface area contributed by atoms with Crippen molar-refractivity contribution in [1.29, 1.82) is 0 Å². The Labute approximate surface area is 85.1 Å². The van der Waals surface area contributed by atoms with Crippen molar-refractivity contribution in [2.24, 2.45) is 11.7 Å². The van der Waals surface area contributed by atoms with Crippen LogP contribution in [0.1, 0.15) is 44.9 Å². The second kappa shape index (κ2) is 3.73. The predicted octanol–water partition coefficient (Wildman–Crippen LogP) is 2.16. The second-order valence-corrected chi connectivity index (χ2v) is 4.46. The minimum atomic E-state index is -0.192. The summed E-state index contributed by atoms with van der Waals surface area (Å²) in [5.74, 6) is 1.74. The van der Waals surface area contributed by atoms with Gasteiger partial charge in [0.05, 0.1) is 5.54 Å². The van der Waals surface area contributed by atoms with E-state index in [2.05, 4.69) is 16.9 Å². The zero-order valence-electron chi connectivity index (χ0n) is 8.79. The molecule has 0 saturated heterocycles. The molecular formula is C11H19N3. The number of aromatic nitrogens is 2. The van der Waals surface area contributed by atoms with Gasteiger partial charge >= 0.3 is 0 Å². The number of nitrogens with two attached hydrogens (primary N) is 1. The zero-order chi connectivity index (χ0) is 10.0. The Bertz CT molecular complexity index is 281. The summed E-state index contributed by atoms with van der Waals surface area (Å²) in [5, 5.41) is 0. The van der Waals surface area contributed by atoms with E-state index >= 15 is 0 Å². The molecule has 1 heterocycles. The third-order valence-electron chi connectivity index (χ3n) is 3.44. The highest BCUT2D eigenvalue weighted by atomic mass is 15.0. The Morgan fingerprint density at radius 2 is 2.57 bits per heavy atom. The van der Waals surface area contributed by atoms with Gasteiger partial charge in [-0.05, 0) is 18.8 Å². The van der Waals surface area contributed by atoms with E-state index < -0.39 is 0 Å². The summed E-state index contributed by atoms with van der Waals surface area (Å²) in [6, 6.07) is 0. The lowest BCUT2D eigenvalue weighted by Crippen LogP contribution is -2.42. The zero-order valence-corrected chi connectivity index (χ0v) is 8.79. The molecule has 14 heavy (non-hydrogen) atoms. The van der Waals surface area contributed by atoms with Crippen LogP contribution in [0.15, 0.2) is 12.4 Å². The smallest absolute Gasteiger partial charge is 0.126 e. The van der Waals surface area contributed by atoms with E-state index in [4.69, 9.17) is 5.73 Å². The van der Waals surface area contributed by atoms with Crippen molar-refractivity contribution in [3.63, 3.8) is 0 Å². The van der Waals surface area contributed by atoms with E-state index in [0.717, 1.165) is 24.6 Å². The van der Waals surface area contributed by atoms with Crippen LogP contribution in [0.2, 0.25) is 0 Å². The lowest BCUT2D eigenvalue weighted by Gasteiger charge is -2.36. The summed E-state index contributed by atoms with van der Waals surface area (Å²) in [5.41, 5.74) is 6.20. The van der Waals surface area contributed by atoms with Crippen molar-refractivity contribution in [2.75, 3.05) is 0 Å². The third-order valence-corrected chi connectivity index (χ3v) is 3.44. The lowest BCUT2D eigenvalue weighted by atomic mass is 9.75. The van der Waals surface area contributed by atoms with Gasteiger partial charge in [0.2, 0.25) is 0 Å². The maximum absolute atomic E-state index is 6.40. The average molecular weight is 193 g/mol. The van der Waals surface area contributed by atoms with E-state index in [1.807, 2.05) is 6.20 Å². The van der Waals surface area contributed by atoms with Gasteiger partial charge < -0.3 is 10.7 Å². The van der Waals surface area contributed by atoms with Crippen LogP contribution in [0, 0.1) is 5.92 Å². The van der Waals surface area contributed by atoms with Crippen LogP contribution in [0.4, 0.5) is 0 Å². The maximum Gasteiger partial charge on any atom is 0.126 e. The molecule has 3 heteroatoms. The van der Waals surface area contributed by atoms with Crippen molar-refractivity contribution >= 4 is 0 Å². The van der Waals surface area contributed by atoms with Gasteiger partial charge in [0.15, 0.2) is 0 Å². The standard InChI is InChI=1S/C11H19N3/c1-2-9-4-3-5-11(12,8-9)10-13-6-7-14-10/h6-7,9H,2-5,8,12H2,1H3,(H,13,14)/t9-,11+/m1/s1. The first-order valence-electron chi connectivity index (χ1n) is 5.53. The van der Waals surface area contributed by atoms with Crippen LogP contribution in [0.5, 0.6) is 0 Å². The van der Waals surface area contributed by atoms with Crippen molar-refractivity contribution in [1.82, 2.24) is 9.97 Å². The quantitative estimate of drug-likeness (QED) is 0.756. The molecular weight excluding hydrogens is 174 g/mol. The van der Waals surface area contributed by atoms with Crippen LogP contribution in [-0.4, -0.2) is 9.97 Å². The molecule has 3 nitrogen and oxygen atoms in total. The van der Waals surface area contributed by atoms with E-state index in [-0.39, 0.29) is 5.54 Å². The summed E-state index contributed by atoms with van der Waals surface area (Å²) in [6.07, 6.45) is 9.60. The molecule has 1 aliphatic rings. The number of hydrogen-bond donors (Lipinski definition) is 2. The third kappa shape index (κ3) is 1.69. The Balaban J connectivity index is 2.15. The largest absolute Gasteiger partial charge is 0.347 e. The van der Waals surface area contributed by atoms with Gasteiger partial charge in [0.1, 0.15) is 5.82 Å². The van der Waals surface area contributed by atoms with E-state index in [1.165, 1.54) is 19.3 Å². The SMILES string of the molecule is CC[C@@H]1CCC[C@@](N)(c2ncc[nH]2)C1. The molecule has 0 aromatic carbocycles. The maximum atomic E-state index is 6.40. The lowest BCUT2D eigenvalue weighted by molar-refractivity contribution is 0.212. The van der Waals surface area contributed by atoms with Crippen LogP contribution in [0.25, 0.3) is 0 Å². The molecule has 1 fully saturated rings. The number of H-pyrrole nitrogens is 1. The normalized spacial score (nSPS) is 33.1. The van der Waals surface area contributed by atoms with Crippen molar-refractivity contribution in [3.05, 3.63) is 18.2 Å². The van der Waals surface area contributed by atoms with Crippen LogP contribution in [-0.2, 0) is 5.54 Å². The molecule has 2 atom stereocenters. The molecule has 2 rings (SSSR count). The highest BCUT2D eigenvalue weighted by Gasteiger charge is 2.35. The first kappa shape index (κ1) is 9.71. The van der Waals surface area contributed by atoms with Gasteiger partial charge in [-0.2, -0.15) is 0 Å². The number of rotatable bonds is 2. The Morgan fingerprint density at radius 3 is 3.21 bits per heavy atom. The van der Waals surface area contributed by atoms with Crippen LogP contribution < -0.4 is 5.73 Å². The first-order valence-corrected chi connectivity index (χ1v) is 5.53. The molecule has 1 aliphatic carbocycles. The summed E-state index contributed by atoms with van der Waals surface area (Å²) < 4.78 is 0. The minimum Gasteiger partial charge on any atom is -0.347 e. The molecule has 0 spiro atoms. The number of hydrogen-bond acceptors (Lipinski definition) is 2. The topological polar surface area (TPSA) is 54.7 Å². The number of nitrogens with one attached hydrogen (secondary N) is 1. The molecule has 1 aromatic heterocycles. The molecule has 0 bridgehead atoms. The number of nitrogens with zero attached hydrogens (tertiary/aromatic N) is 1. The van der Waals surface area contributed by atoms with Crippen molar-refractivity contribution in [3.8, 4) is 0 Å². The summed E-state index contributed by atoms with van der Waals surface area (Å²) in [6.45, 7) is 2.25. The summed E-state index contributed by atoms with van der Waals surface area (Å²) in [4.78, 5) is 7.46. The first-order chi connectivity index (χ1) is 6.74. The van der Waals surface area contributed by atoms with E-state index in [0.29, 0.717) is 0 Å². The molecule has 1 saturated carbocycles. The fraction of sp³-hybridized carbons (Fsp3) is 0.727. The van der Waals surface area contributed by atoms with Gasteiger partial charge in [0.25, 0.3) is 0 Å². The highest BCUT2D eigenvalue weighted by Crippen LogP contribution is 2.37. The molecule has 0 radical (unpaired) electrons. The van der Waals surface area contributed by atoms with Gasteiger partial charge in [-0.3, -0.25) is 0 Å². The van der Waals surface area contributed by atoms with Gasteiger partial charge in [-0.1, -0.05) is 26.2 Å². The van der Waals surface area contributed by atoms with Crippen molar-refractivity contribution < 1.29 is 0 Å². The second-order valence-electron chi connectivity index (χ2n) is 4.46. The fourth-order valence-electron chi connectivity index (χ4n) is 2.53. The number of aromatic amines is 1. The van der Waals surface area contributed by atoms with Gasteiger partial charge in [0, 0.05) is 12.4 Å². The highest BCUT2D eigenvalue weighted by molar-refractivity contribution is 5.07. The van der Waals surface area contributed by atoms with E-state index in [9.17, 15) is 0 Å². The number of imidazole rings is 1. The predicted molar refractivity (Wildman–Crippen MR) is 56.7 cm³/mol. The molecule has 0 aliphatic heterocycles. The van der Waals surface area contributed by atoms with Crippen molar-refractivity contribution in [2.45, 2.75) is 44.6 Å². The van der Waals surface area contributed by atoms with Crippen LogP contribution >= 0.6 is 0 Å². The summed E-state index contributed by atoms with van der Waals surface area (Å²) in [7, 11) is 0. The molecule has 1 aromatic rings. The molecule has 0 unspecified atom stereocenters. The average Bonchev–Trinajstić information content (AvgIpc) is 2.71. The molecule has 78 valence electrons. The summed E-state index contributed by atoms with van der Waals surface area (Å²) >= 11 is 0. The Morgan fingerprint density at radius 1 is 1.71 bits per heavy atom. The monoisotopic (exact) mass is 193 g/mol.